The van der Waals surface area contributed by atoms with Gasteiger partial charge >= 0.3 is 0 Å². The number of rotatable bonds is 5. The highest BCUT2D eigenvalue weighted by molar-refractivity contribution is 7.11. The highest BCUT2D eigenvalue weighted by atomic mass is 32.1. The molecule has 1 atom stereocenters. The zero-order valence-corrected chi connectivity index (χ0v) is 11.2. The van der Waals surface area contributed by atoms with E-state index in [1.54, 1.807) is 0 Å². The number of aryl methyl sites for hydroxylation is 1. The van der Waals surface area contributed by atoms with Crippen LogP contribution in [0.5, 0.6) is 0 Å². The standard InChI is InChI=1S/C12H22N2S/c1-6-9(4)13-7-11-12(8(2)3)14-10(5)15-11/h8-9,13H,6-7H2,1-5H3. The maximum Gasteiger partial charge on any atom is 0.0900 e. The van der Waals surface area contributed by atoms with Gasteiger partial charge in [-0.25, -0.2) is 4.98 Å². The average molecular weight is 226 g/mol. The number of nitrogens with zero attached hydrogens (tertiary/aromatic N) is 1. The maximum atomic E-state index is 4.59. The van der Waals surface area contributed by atoms with Gasteiger partial charge in [-0.2, -0.15) is 0 Å². The monoisotopic (exact) mass is 226 g/mol. The van der Waals surface area contributed by atoms with Crippen LogP contribution in [0.3, 0.4) is 0 Å². The highest BCUT2D eigenvalue weighted by Gasteiger charge is 2.12. The molecule has 0 saturated carbocycles. The van der Waals surface area contributed by atoms with Crippen molar-refractivity contribution in [3.8, 4) is 0 Å². The Labute approximate surface area is 97.1 Å². The third kappa shape index (κ3) is 3.58. The molecule has 0 bridgehead atoms. The first-order valence-electron chi connectivity index (χ1n) is 5.74. The Kier molecular flexibility index (Phi) is 4.74. The molecule has 0 amide bonds. The SMILES string of the molecule is CCC(C)NCc1sc(C)nc1C(C)C. The molecule has 0 fully saturated rings. The van der Waals surface area contributed by atoms with Gasteiger partial charge in [0, 0.05) is 17.5 Å². The molecule has 0 saturated heterocycles. The Morgan fingerprint density at radius 1 is 1.33 bits per heavy atom. The van der Waals surface area contributed by atoms with E-state index in [0.717, 1.165) is 6.54 Å². The zero-order valence-electron chi connectivity index (χ0n) is 10.4. The Balaban J connectivity index is 2.67. The molecule has 1 unspecified atom stereocenters. The Morgan fingerprint density at radius 3 is 2.53 bits per heavy atom. The molecule has 15 heavy (non-hydrogen) atoms. The van der Waals surface area contributed by atoms with Gasteiger partial charge in [-0.1, -0.05) is 20.8 Å². The predicted molar refractivity (Wildman–Crippen MR) is 67.5 cm³/mol. The summed E-state index contributed by atoms with van der Waals surface area (Å²) in [6.07, 6.45) is 1.18. The van der Waals surface area contributed by atoms with Crippen LogP contribution in [0.2, 0.25) is 0 Å². The van der Waals surface area contributed by atoms with E-state index in [1.807, 2.05) is 11.3 Å². The Hall–Kier alpha value is -0.410. The van der Waals surface area contributed by atoms with Crippen LogP contribution in [0.4, 0.5) is 0 Å². The van der Waals surface area contributed by atoms with Crippen LogP contribution in [-0.4, -0.2) is 11.0 Å². The molecule has 0 aromatic carbocycles. The van der Waals surface area contributed by atoms with Gasteiger partial charge < -0.3 is 5.32 Å². The molecule has 86 valence electrons. The van der Waals surface area contributed by atoms with Crippen molar-refractivity contribution in [3.05, 3.63) is 15.6 Å². The van der Waals surface area contributed by atoms with Crippen molar-refractivity contribution in [2.75, 3.05) is 0 Å². The molecule has 0 aliphatic carbocycles. The van der Waals surface area contributed by atoms with Gasteiger partial charge in [0.15, 0.2) is 0 Å². The van der Waals surface area contributed by atoms with Crippen LogP contribution in [0.25, 0.3) is 0 Å². The largest absolute Gasteiger partial charge is 0.309 e. The second kappa shape index (κ2) is 5.61. The lowest BCUT2D eigenvalue weighted by Gasteiger charge is -2.11. The molecular weight excluding hydrogens is 204 g/mol. The Morgan fingerprint density at radius 2 is 2.00 bits per heavy atom. The fraction of sp³-hybridized carbons (Fsp3) is 0.750. The quantitative estimate of drug-likeness (QED) is 0.831. The molecule has 2 nitrogen and oxygen atoms in total. The van der Waals surface area contributed by atoms with Crippen LogP contribution >= 0.6 is 11.3 Å². The molecule has 1 rings (SSSR count). The van der Waals surface area contributed by atoms with E-state index >= 15 is 0 Å². The number of thiazole rings is 1. The number of hydrogen-bond donors (Lipinski definition) is 1. The molecule has 0 aliphatic rings. The van der Waals surface area contributed by atoms with Crippen LogP contribution in [0.15, 0.2) is 0 Å². The summed E-state index contributed by atoms with van der Waals surface area (Å²) in [4.78, 5) is 6.00. The predicted octanol–water partition coefficient (Wildman–Crippen LogP) is 3.46. The van der Waals surface area contributed by atoms with E-state index in [4.69, 9.17) is 0 Å². The van der Waals surface area contributed by atoms with Crippen molar-refractivity contribution in [3.63, 3.8) is 0 Å². The van der Waals surface area contributed by atoms with E-state index in [0.29, 0.717) is 12.0 Å². The lowest BCUT2D eigenvalue weighted by Crippen LogP contribution is -2.24. The van der Waals surface area contributed by atoms with Crippen molar-refractivity contribution >= 4 is 11.3 Å². The number of hydrogen-bond acceptors (Lipinski definition) is 3. The fourth-order valence-corrected chi connectivity index (χ4v) is 2.52. The first kappa shape index (κ1) is 12.7. The van der Waals surface area contributed by atoms with Crippen LogP contribution in [-0.2, 0) is 6.54 Å². The molecular formula is C12H22N2S. The van der Waals surface area contributed by atoms with E-state index in [9.17, 15) is 0 Å². The first-order valence-corrected chi connectivity index (χ1v) is 6.55. The second-order valence-corrected chi connectivity index (χ2v) is 5.67. The van der Waals surface area contributed by atoms with E-state index in [2.05, 4.69) is 44.9 Å². The van der Waals surface area contributed by atoms with E-state index < -0.39 is 0 Å². The van der Waals surface area contributed by atoms with Gasteiger partial charge in [-0.3, -0.25) is 0 Å². The summed E-state index contributed by atoms with van der Waals surface area (Å²) in [7, 11) is 0. The van der Waals surface area contributed by atoms with Gasteiger partial charge in [0.05, 0.1) is 10.7 Å². The fourth-order valence-electron chi connectivity index (χ4n) is 1.47. The minimum absolute atomic E-state index is 0.531. The van der Waals surface area contributed by atoms with E-state index in [1.165, 1.54) is 22.0 Å². The lowest BCUT2D eigenvalue weighted by molar-refractivity contribution is 0.534. The van der Waals surface area contributed by atoms with Crippen molar-refractivity contribution in [2.45, 2.75) is 59.5 Å². The summed E-state index contributed by atoms with van der Waals surface area (Å²) in [5, 5.41) is 4.71. The topological polar surface area (TPSA) is 24.9 Å². The van der Waals surface area contributed by atoms with Crippen molar-refractivity contribution in [2.24, 2.45) is 0 Å². The van der Waals surface area contributed by atoms with Crippen LogP contribution in [0.1, 0.15) is 55.6 Å². The molecule has 0 spiro atoms. The minimum atomic E-state index is 0.531. The molecule has 0 radical (unpaired) electrons. The summed E-state index contributed by atoms with van der Waals surface area (Å²) >= 11 is 1.82. The molecule has 3 heteroatoms. The van der Waals surface area contributed by atoms with Gasteiger partial charge in [0.1, 0.15) is 0 Å². The molecule has 1 aromatic rings. The summed E-state index contributed by atoms with van der Waals surface area (Å²) in [5.74, 6) is 0.531. The zero-order chi connectivity index (χ0) is 11.4. The van der Waals surface area contributed by atoms with Gasteiger partial charge in [0.2, 0.25) is 0 Å². The molecule has 0 aliphatic heterocycles. The first-order chi connectivity index (χ1) is 7.04. The number of nitrogens with one attached hydrogen (secondary N) is 1. The maximum absolute atomic E-state index is 4.59. The average Bonchev–Trinajstić information content (AvgIpc) is 2.56. The minimum Gasteiger partial charge on any atom is -0.309 e. The highest BCUT2D eigenvalue weighted by Crippen LogP contribution is 2.24. The van der Waals surface area contributed by atoms with Crippen molar-refractivity contribution in [1.82, 2.24) is 10.3 Å². The second-order valence-electron chi connectivity index (χ2n) is 4.39. The van der Waals surface area contributed by atoms with Crippen LogP contribution in [0, 0.1) is 6.92 Å². The summed E-state index contributed by atoms with van der Waals surface area (Å²) in [6.45, 7) is 11.9. The third-order valence-corrected chi connectivity index (χ3v) is 3.59. The molecule has 1 N–H and O–H groups in total. The van der Waals surface area contributed by atoms with Gasteiger partial charge in [-0.05, 0) is 26.2 Å². The lowest BCUT2D eigenvalue weighted by atomic mass is 10.1. The third-order valence-electron chi connectivity index (χ3n) is 2.60. The number of aromatic nitrogens is 1. The summed E-state index contributed by atoms with van der Waals surface area (Å²) in [6, 6.07) is 0.590. The molecule has 1 heterocycles. The van der Waals surface area contributed by atoms with Gasteiger partial charge in [0.25, 0.3) is 0 Å². The Bertz CT molecular complexity index is 305. The summed E-state index contributed by atoms with van der Waals surface area (Å²) < 4.78 is 0. The summed E-state index contributed by atoms with van der Waals surface area (Å²) in [5.41, 5.74) is 1.27. The molecule has 1 aromatic heterocycles. The van der Waals surface area contributed by atoms with Gasteiger partial charge in [-0.15, -0.1) is 11.3 Å². The van der Waals surface area contributed by atoms with Crippen molar-refractivity contribution in [1.29, 1.82) is 0 Å². The normalized spacial score (nSPS) is 13.5. The van der Waals surface area contributed by atoms with E-state index in [-0.39, 0.29) is 0 Å². The van der Waals surface area contributed by atoms with Crippen molar-refractivity contribution < 1.29 is 0 Å². The van der Waals surface area contributed by atoms with Crippen LogP contribution < -0.4 is 5.32 Å². The smallest absolute Gasteiger partial charge is 0.0900 e.